The number of thioether (sulfide) groups is 1. The number of benzene rings is 2. The zero-order valence-corrected chi connectivity index (χ0v) is 19.0. The Hall–Kier alpha value is -3.36. The van der Waals surface area contributed by atoms with E-state index >= 15 is 0 Å². The quantitative estimate of drug-likeness (QED) is 0.225. The summed E-state index contributed by atoms with van der Waals surface area (Å²) in [4.78, 5) is 31.9. The van der Waals surface area contributed by atoms with Crippen LogP contribution in [0.3, 0.4) is 0 Å². The molecule has 0 bridgehead atoms. The summed E-state index contributed by atoms with van der Waals surface area (Å²) < 4.78 is 6.69. The normalized spacial score (nSPS) is 10.8. The standard InChI is InChI=1S/C24H21N3O3S2/c1-3-13-27-23(29)19-14-20(16-7-5-4-6-8-16)32-22(19)26-24(27)31-15-21(28)25-17-9-11-18(30-2)12-10-17/h3-12,14H,1,13,15H2,2H3,(H,25,28). The highest BCUT2D eigenvalue weighted by Gasteiger charge is 2.16. The number of nitrogens with zero attached hydrogens (tertiary/aromatic N) is 2. The molecule has 0 saturated carbocycles. The number of ether oxygens (including phenoxy) is 1. The Morgan fingerprint density at radius 1 is 1.22 bits per heavy atom. The predicted octanol–water partition coefficient (Wildman–Crippen LogP) is 5.05. The second-order valence-corrected chi connectivity index (χ2v) is 8.83. The van der Waals surface area contributed by atoms with Gasteiger partial charge in [0.15, 0.2) is 5.16 Å². The van der Waals surface area contributed by atoms with Gasteiger partial charge in [-0.05, 0) is 35.9 Å². The number of allylic oxidation sites excluding steroid dienone is 1. The van der Waals surface area contributed by atoms with Gasteiger partial charge in [0.1, 0.15) is 10.6 Å². The monoisotopic (exact) mass is 463 g/mol. The van der Waals surface area contributed by atoms with E-state index in [9.17, 15) is 9.59 Å². The van der Waals surface area contributed by atoms with Gasteiger partial charge in [-0.1, -0.05) is 48.2 Å². The van der Waals surface area contributed by atoms with Crippen molar-refractivity contribution in [3.05, 3.63) is 83.7 Å². The summed E-state index contributed by atoms with van der Waals surface area (Å²) in [6.07, 6.45) is 1.65. The largest absolute Gasteiger partial charge is 0.497 e. The van der Waals surface area contributed by atoms with Crippen molar-refractivity contribution in [2.45, 2.75) is 11.7 Å². The van der Waals surface area contributed by atoms with Gasteiger partial charge in [-0.25, -0.2) is 4.98 Å². The van der Waals surface area contributed by atoms with E-state index in [2.05, 4.69) is 11.9 Å². The van der Waals surface area contributed by atoms with E-state index in [1.54, 1.807) is 42.0 Å². The summed E-state index contributed by atoms with van der Waals surface area (Å²) in [6.45, 7) is 4.07. The number of thiophene rings is 1. The highest BCUT2D eigenvalue weighted by Crippen LogP contribution is 2.32. The third kappa shape index (κ3) is 4.76. The van der Waals surface area contributed by atoms with E-state index in [1.807, 2.05) is 36.4 Å². The molecular formula is C24H21N3O3S2. The number of anilines is 1. The zero-order valence-electron chi connectivity index (χ0n) is 17.4. The predicted molar refractivity (Wildman–Crippen MR) is 132 cm³/mol. The Labute approximate surface area is 193 Å². The van der Waals surface area contributed by atoms with Crippen molar-refractivity contribution in [2.75, 3.05) is 18.2 Å². The maximum absolute atomic E-state index is 13.1. The number of hydrogen-bond donors (Lipinski definition) is 1. The summed E-state index contributed by atoms with van der Waals surface area (Å²) >= 11 is 2.70. The molecule has 0 unspecified atom stereocenters. The molecule has 0 atom stereocenters. The molecule has 6 nitrogen and oxygen atoms in total. The second kappa shape index (κ2) is 9.84. The van der Waals surface area contributed by atoms with Crippen LogP contribution < -0.4 is 15.6 Å². The molecule has 1 amide bonds. The summed E-state index contributed by atoms with van der Waals surface area (Å²) in [5, 5.41) is 3.91. The summed E-state index contributed by atoms with van der Waals surface area (Å²) in [6, 6.07) is 18.9. The fourth-order valence-corrected chi connectivity index (χ4v) is 5.03. The minimum atomic E-state index is -0.184. The summed E-state index contributed by atoms with van der Waals surface area (Å²) in [5.41, 5.74) is 1.58. The summed E-state index contributed by atoms with van der Waals surface area (Å²) in [5.74, 6) is 0.655. The summed E-state index contributed by atoms with van der Waals surface area (Å²) in [7, 11) is 1.59. The van der Waals surface area contributed by atoms with Gasteiger partial charge < -0.3 is 10.1 Å². The van der Waals surface area contributed by atoms with Crippen LogP contribution in [-0.2, 0) is 11.3 Å². The van der Waals surface area contributed by atoms with Gasteiger partial charge >= 0.3 is 0 Å². The van der Waals surface area contributed by atoms with Crippen molar-refractivity contribution < 1.29 is 9.53 Å². The van der Waals surface area contributed by atoms with Crippen LogP contribution in [0.15, 0.2) is 83.3 Å². The first-order valence-electron chi connectivity index (χ1n) is 9.86. The van der Waals surface area contributed by atoms with Gasteiger partial charge in [-0.2, -0.15) is 0 Å². The van der Waals surface area contributed by atoms with Gasteiger partial charge in [0.25, 0.3) is 5.56 Å². The van der Waals surface area contributed by atoms with E-state index in [0.717, 1.165) is 10.4 Å². The van der Waals surface area contributed by atoms with Crippen LogP contribution in [0, 0.1) is 0 Å². The molecule has 0 radical (unpaired) electrons. The smallest absolute Gasteiger partial charge is 0.263 e. The van der Waals surface area contributed by atoms with Gasteiger partial charge in [-0.3, -0.25) is 14.2 Å². The van der Waals surface area contributed by atoms with Gasteiger partial charge in [0.2, 0.25) is 5.91 Å². The van der Waals surface area contributed by atoms with E-state index < -0.39 is 0 Å². The number of methoxy groups -OCH3 is 1. The first-order chi connectivity index (χ1) is 15.6. The average molecular weight is 464 g/mol. The van der Waals surface area contributed by atoms with Crippen LogP contribution in [0.1, 0.15) is 0 Å². The third-order valence-corrected chi connectivity index (χ3v) is 6.75. The Kier molecular flexibility index (Phi) is 6.72. The van der Waals surface area contributed by atoms with Crippen LogP contribution in [0.25, 0.3) is 20.7 Å². The SMILES string of the molecule is C=CCn1c(SCC(=O)Nc2ccc(OC)cc2)nc2sc(-c3ccccc3)cc2c1=O. The first-order valence-corrected chi connectivity index (χ1v) is 11.7. The number of carbonyl (C=O) groups excluding carboxylic acids is 1. The Morgan fingerprint density at radius 3 is 2.66 bits per heavy atom. The van der Waals surface area contributed by atoms with Crippen molar-refractivity contribution in [1.29, 1.82) is 0 Å². The minimum Gasteiger partial charge on any atom is -0.497 e. The lowest BCUT2D eigenvalue weighted by Gasteiger charge is -2.10. The first kappa shape index (κ1) is 21.9. The molecule has 0 aliphatic carbocycles. The van der Waals surface area contributed by atoms with Gasteiger partial charge in [0.05, 0.1) is 18.2 Å². The minimum absolute atomic E-state index is 0.123. The van der Waals surface area contributed by atoms with Crippen molar-refractivity contribution in [3.63, 3.8) is 0 Å². The topological polar surface area (TPSA) is 73.2 Å². The van der Waals surface area contributed by atoms with Crippen LogP contribution in [-0.4, -0.2) is 28.3 Å². The van der Waals surface area contributed by atoms with Crippen molar-refractivity contribution >= 4 is 44.9 Å². The lowest BCUT2D eigenvalue weighted by molar-refractivity contribution is -0.113. The van der Waals surface area contributed by atoms with Crippen LogP contribution in [0.4, 0.5) is 5.69 Å². The highest BCUT2D eigenvalue weighted by atomic mass is 32.2. The lowest BCUT2D eigenvalue weighted by atomic mass is 10.2. The Balaban J connectivity index is 1.57. The molecule has 0 saturated heterocycles. The van der Waals surface area contributed by atoms with Crippen LogP contribution in [0.5, 0.6) is 5.75 Å². The molecule has 2 aromatic carbocycles. The Morgan fingerprint density at radius 2 is 1.97 bits per heavy atom. The molecule has 8 heteroatoms. The number of amides is 1. The van der Waals surface area contributed by atoms with Crippen LogP contribution in [0.2, 0.25) is 0 Å². The van der Waals surface area contributed by atoms with E-state index in [1.165, 1.54) is 23.1 Å². The highest BCUT2D eigenvalue weighted by molar-refractivity contribution is 7.99. The Bertz CT molecular complexity index is 1310. The molecule has 2 aromatic heterocycles. The van der Waals surface area contributed by atoms with E-state index in [4.69, 9.17) is 9.72 Å². The maximum atomic E-state index is 13.1. The van der Waals surface area contributed by atoms with Crippen LogP contribution >= 0.6 is 23.1 Å². The second-order valence-electron chi connectivity index (χ2n) is 6.86. The number of aromatic nitrogens is 2. The molecule has 0 aliphatic heterocycles. The van der Waals surface area contributed by atoms with Crippen molar-refractivity contribution in [3.8, 4) is 16.2 Å². The molecular weight excluding hydrogens is 442 g/mol. The van der Waals surface area contributed by atoms with E-state index in [0.29, 0.717) is 33.4 Å². The third-order valence-electron chi connectivity index (χ3n) is 4.69. The van der Waals surface area contributed by atoms with Crippen molar-refractivity contribution in [1.82, 2.24) is 9.55 Å². The number of carbonyl (C=O) groups is 1. The van der Waals surface area contributed by atoms with Gasteiger partial charge in [0, 0.05) is 17.1 Å². The van der Waals surface area contributed by atoms with Gasteiger partial charge in [-0.15, -0.1) is 17.9 Å². The number of nitrogens with one attached hydrogen (secondary N) is 1. The van der Waals surface area contributed by atoms with Crippen molar-refractivity contribution in [2.24, 2.45) is 0 Å². The molecule has 0 spiro atoms. The molecule has 162 valence electrons. The number of rotatable bonds is 8. The molecule has 32 heavy (non-hydrogen) atoms. The maximum Gasteiger partial charge on any atom is 0.263 e. The number of fused-ring (bicyclic) bond motifs is 1. The lowest BCUT2D eigenvalue weighted by Crippen LogP contribution is -2.23. The molecule has 0 fully saturated rings. The fraction of sp³-hybridized carbons (Fsp3) is 0.125. The molecule has 2 heterocycles. The average Bonchev–Trinajstić information content (AvgIpc) is 3.25. The molecule has 1 N–H and O–H groups in total. The number of hydrogen-bond acceptors (Lipinski definition) is 6. The molecule has 0 aliphatic rings. The molecule has 4 rings (SSSR count). The van der Waals surface area contributed by atoms with E-state index in [-0.39, 0.29) is 17.2 Å². The fourth-order valence-electron chi connectivity index (χ4n) is 3.14. The molecule has 4 aromatic rings. The zero-order chi connectivity index (χ0) is 22.5.